The minimum Gasteiger partial charge on any atom is -0.355 e. The van der Waals surface area contributed by atoms with E-state index in [-0.39, 0.29) is 11.9 Å². The van der Waals surface area contributed by atoms with Gasteiger partial charge in [0.05, 0.1) is 6.04 Å². The van der Waals surface area contributed by atoms with Crippen molar-refractivity contribution in [3.63, 3.8) is 0 Å². The molecule has 1 amide bonds. The van der Waals surface area contributed by atoms with E-state index in [0.717, 1.165) is 25.3 Å². The van der Waals surface area contributed by atoms with E-state index in [1.165, 1.54) is 32.1 Å². The second-order valence-electron chi connectivity index (χ2n) is 5.82. The molecule has 1 atom stereocenters. The van der Waals surface area contributed by atoms with Crippen molar-refractivity contribution in [3.05, 3.63) is 0 Å². The van der Waals surface area contributed by atoms with Gasteiger partial charge in [-0.15, -0.1) is 0 Å². The Morgan fingerprint density at radius 3 is 2.53 bits per heavy atom. The maximum atomic E-state index is 11.7. The highest BCUT2D eigenvalue weighted by atomic mass is 16.2. The summed E-state index contributed by atoms with van der Waals surface area (Å²) >= 11 is 0. The SMILES string of the molecule is CC(C)CC(N)C(=O)NCCC1CCCCC1. The van der Waals surface area contributed by atoms with Crippen molar-refractivity contribution in [1.82, 2.24) is 5.32 Å². The van der Waals surface area contributed by atoms with Crippen molar-refractivity contribution < 1.29 is 4.79 Å². The van der Waals surface area contributed by atoms with Crippen molar-refractivity contribution in [3.8, 4) is 0 Å². The average Bonchev–Trinajstić information content (AvgIpc) is 2.29. The Labute approximate surface area is 106 Å². The van der Waals surface area contributed by atoms with Crippen LogP contribution < -0.4 is 11.1 Å². The highest BCUT2D eigenvalue weighted by molar-refractivity contribution is 5.81. The lowest BCUT2D eigenvalue weighted by molar-refractivity contribution is -0.122. The van der Waals surface area contributed by atoms with Crippen LogP contribution in [0.1, 0.15) is 58.8 Å². The Morgan fingerprint density at radius 1 is 1.29 bits per heavy atom. The third kappa shape index (κ3) is 6.06. The van der Waals surface area contributed by atoms with Crippen molar-refractivity contribution in [1.29, 1.82) is 0 Å². The van der Waals surface area contributed by atoms with Crippen molar-refractivity contribution >= 4 is 5.91 Å². The molecule has 0 heterocycles. The lowest BCUT2D eigenvalue weighted by Crippen LogP contribution is -2.42. The van der Waals surface area contributed by atoms with E-state index < -0.39 is 0 Å². The second-order valence-corrected chi connectivity index (χ2v) is 5.82. The summed E-state index contributed by atoms with van der Waals surface area (Å²) in [7, 11) is 0. The Balaban J connectivity index is 2.10. The van der Waals surface area contributed by atoms with E-state index in [1.54, 1.807) is 0 Å². The van der Waals surface area contributed by atoms with E-state index in [2.05, 4.69) is 19.2 Å². The largest absolute Gasteiger partial charge is 0.355 e. The number of hydrogen-bond acceptors (Lipinski definition) is 2. The molecular weight excluding hydrogens is 212 g/mol. The molecular formula is C14H28N2O. The van der Waals surface area contributed by atoms with Crippen molar-refractivity contribution in [2.75, 3.05) is 6.54 Å². The smallest absolute Gasteiger partial charge is 0.236 e. The van der Waals surface area contributed by atoms with Gasteiger partial charge in [0.1, 0.15) is 0 Å². The zero-order chi connectivity index (χ0) is 12.7. The molecule has 0 aliphatic heterocycles. The molecule has 0 radical (unpaired) electrons. The molecule has 0 bridgehead atoms. The lowest BCUT2D eigenvalue weighted by atomic mass is 9.87. The molecule has 1 unspecified atom stereocenters. The molecule has 3 N–H and O–H groups in total. The van der Waals surface area contributed by atoms with Gasteiger partial charge >= 0.3 is 0 Å². The van der Waals surface area contributed by atoms with Gasteiger partial charge in [-0.2, -0.15) is 0 Å². The zero-order valence-electron chi connectivity index (χ0n) is 11.4. The van der Waals surface area contributed by atoms with Crippen LogP contribution in [0.3, 0.4) is 0 Å². The van der Waals surface area contributed by atoms with Crippen LogP contribution in [0.4, 0.5) is 0 Å². The molecule has 3 heteroatoms. The van der Waals surface area contributed by atoms with Gasteiger partial charge in [0.25, 0.3) is 0 Å². The number of amides is 1. The van der Waals surface area contributed by atoms with Crippen LogP contribution in [0.5, 0.6) is 0 Å². The molecule has 0 spiro atoms. The van der Waals surface area contributed by atoms with Gasteiger partial charge in [-0.1, -0.05) is 46.0 Å². The molecule has 100 valence electrons. The topological polar surface area (TPSA) is 55.1 Å². The number of hydrogen-bond donors (Lipinski definition) is 2. The summed E-state index contributed by atoms with van der Waals surface area (Å²) in [4.78, 5) is 11.7. The lowest BCUT2D eigenvalue weighted by Gasteiger charge is -2.22. The second kappa shape index (κ2) is 7.70. The summed E-state index contributed by atoms with van der Waals surface area (Å²) in [6, 6.07) is -0.332. The highest BCUT2D eigenvalue weighted by Gasteiger charge is 2.16. The molecule has 1 aliphatic carbocycles. The number of nitrogens with two attached hydrogens (primary N) is 1. The minimum absolute atomic E-state index is 0.0227. The highest BCUT2D eigenvalue weighted by Crippen LogP contribution is 2.25. The third-order valence-corrected chi connectivity index (χ3v) is 3.64. The first-order chi connectivity index (χ1) is 8.09. The molecule has 17 heavy (non-hydrogen) atoms. The van der Waals surface area contributed by atoms with Crippen molar-refractivity contribution in [2.24, 2.45) is 17.6 Å². The van der Waals surface area contributed by atoms with E-state index in [9.17, 15) is 4.79 Å². The first kappa shape index (κ1) is 14.5. The first-order valence-corrected chi connectivity index (χ1v) is 7.13. The molecule has 0 aromatic heterocycles. The number of nitrogens with one attached hydrogen (secondary N) is 1. The maximum absolute atomic E-state index is 11.7. The molecule has 0 aromatic carbocycles. The third-order valence-electron chi connectivity index (χ3n) is 3.64. The van der Waals surface area contributed by atoms with Crippen LogP contribution in [-0.2, 0) is 4.79 Å². The van der Waals surface area contributed by atoms with Gasteiger partial charge in [-0.25, -0.2) is 0 Å². The summed E-state index contributed by atoms with van der Waals surface area (Å²) < 4.78 is 0. The number of carbonyl (C=O) groups excluding carboxylic acids is 1. The fourth-order valence-corrected chi connectivity index (χ4v) is 2.62. The maximum Gasteiger partial charge on any atom is 0.236 e. The predicted octanol–water partition coefficient (Wildman–Crippen LogP) is 2.45. The normalized spacial score (nSPS) is 19.3. The number of rotatable bonds is 6. The predicted molar refractivity (Wildman–Crippen MR) is 71.6 cm³/mol. The Morgan fingerprint density at radius 2 is 1.94 bits per heavy atom. The van der Waals surface area contributed by atoms with Crippen molar-refractivity contribution in [2.45, 2.75) is 64.8 Å². The van der Waals surface area contributed by atoms with E-state index in [4.69, 9.17) is 5.73 Å². The molecule has 0 saturated heterocycles. The van der Waals surface area contributed by atoms with E-state index >= 15 is 0 Å². The molecule has 1 aliphatic rings. The first-order valence-electron chi connectivity index (χ1n) is 7.13. The summed E-state index contributed by atoms with van der Waals surface area (Å²) in [6.45, 7) is 4.99. The minimum atomic E-state index is -0.332. The molecule has 1 fully saturated rings. The summed E-state index contributed by atoms with van der Waals surface area (Å²) in [5.74, 6) is 1.33. The van der Waals surface area contributed by atoms with Gasteiger partial charge in [0, 0.05) is 6.54 Å². The average molecular weight is 240 g/mol. The fourth-order valence-electron chi connectivity index (χ4n) is 2.62. The van der Waals surface area contributed by atoms with E-state index in [0.29, 0.717) is 5.92 Å². The monoisotopic (exact) mass is 240 g/mol. The number of carbonyl (C=O) groups is 1. The Bertz CT molecular complexity index is 222. The quantitative estimate of drug-likeness (QED) is 0.749. The van der Waals surface area contributed by atoms with E-state index in [1.807, 2.05) is 0 Å². The Kier molecular flexibility index (Phi) is 6.56. The molecule has 1 rings (SSSR count). The van der Waals surface area contributed by atoms with Gasteiger partial charge in [-0.3, -0.25) is 4.79 Å². The summed E-state index contributed by atoms with van der Waals surface area (Å²) in [6.07, 6.45) is 8.70. The van der Waals surface area contributed by atoms with Gasteiger partial charge in [-0.05, 0) is 24.7 Å². The molecule has 3 nitrogen and oxygen atoms in total. The molecule has 1 saturated carbocycles. The van der Waals surface area contributed by atoms with Crippen LogP contribution in [0.25, 0.3) is 0 Å². The fraction of sp³-hybridized carbons (Fsp3) is 0.929. The van der Waals surface area contributed by atoms with Crippen LogP contribution in [0, 0.1) is 11.8 Å². The van der Waals surface area contributed by atoms with Gasteiger partial charge in [0.15, 0.2) is 0 Å². The zero-order valence-corrected chi connectivity index (χ0v) is 11.4. The van der Waals surface area contributed by atoms with Gasteiger partial charge < -0.3 is 11.1 Å². The van der Waals surface area contributed by atoms with Crippen LogP contribution >= 0.6 is 0 Å². The van der Waals surface area contributed by atoms with Crippen LogP contribution in [0.15, 0.2) is 0 Å². The van der Waals surface area contributed by atoms with Crippen LogP contribution in [0.2, 0.25) is 0 Å². The van der Waals surface area contributed by atoms with Crippen LogP contribution in [-0.4, -0.2) is 18.5 Å². The van der Waals surface area contributed by atoms with Gasteiger partial charge in [0.2, 0.25) is 5.91 Å². The standard InChI is InChI=1S/C14H28N2O/c1-11(2)10-13(15)14(17)16-9-8-12-6-4-3-5-7-12/h11-13H,3-10,15H2,1-2H3,(H,16,17). The summed E-state index contributed by atoms with van der Waals surface area (Å²) in [5.41, 5.74) is 5.83. The Hall–Kier alpha value is -0.570. The summed E-state index contributed by atoms with van der Waals surface area (Å²) in [5, 5.41) is 2.97. The molecule has 0 aromatic rings.